The minimum atomic E-state index is -3.43. The highest BCUT2D eigenvalue weighted by Crippen LogP contribution is 2.63. The first-order chi connectivity index (χ1) is 8.22. The van der Waals surface area contributed by atoms with Crippen LogP contribution in [-0.4, -0.2) is 39.4 Å². The number of hydrogen-bond donors (Lipinski definition) is 3. The Labute approximate surface area is 105 Å². The predicted molar refractivity (Wildman–Crippen MR) is 64.9 cm³/mol. The summed E-state index contributed by atoms with van der Waals surface area (Å²) in [5, 5.41) is 17.7. The van der Waals surface area contributed by atoms with Gasteiger partial charge in [-0.05, 0) is 12.8 Å². The lowest BCUT2D eigenvalue weighted by Gasteiger charge is -2.18. The van der Waals surface area contributed by atoms with Crippen molar-refractivity contribution in [1.29, 1.82) is 0 Å². The first-order valence-corrected chi connectivity index (χ1v) is 8.01. The summed E-state index contributed by atoms with van der Waals surface area (Å²) in [5.41, 5.74) is -1.02. The SMILES string of the molecule is CCCCP(=O)(O)CC1(CC(=O)O)CC1C(=O)O. The van der Waals surface area contributed by atoms with Gasteiger partial charge in [0.15, 0.2) is 0 Å². The van der Waals surface area contributed by atoms with E-state index in [1.165, 1.54) is 0 Å². The fourth-order valence-electron chi connectivity index (χ4n) is 2.40. The quantitative estimate of drug-likeness (QED) is 0.582. The van der Waals surface area contributed by atoms with Crippen LogP contribution in [0.25, 0.3) is 0 Å². The molecule has 1 aliphatic carbocycles. The van der Waals surface area contributed by atoms with Gasteiger partial charge in [-0.3, -0.25) is 14.2 Å². The second-order valence-electron chi connectivity index (χ2n) is 5.11. The third kappa shape index (κ3) is 3.82. The average molecular weight is 278 g/mol. The molecule has 3 unspecified atom stereocenters. The fourth-order valence-corrected chi connectivity index (χ4v) is 4.81. The molecule has 0 heterocycles. The Hall–Kier alpha value is -0.870. The van der Waals surface area contributed by atoms with E-state index in [0.29, 0.717) is 6.42 Å². The summed E-state index contributed by atoms with van der Waals surface area (Å²) in [6.45, 7) is 1.89. The standard InChI is InChI=1S/C11H19O6P/c1-2-3-4-18(16,17)7-11(6-9(12)13)5-8(11)10(14)15/h8H,2-7H2,1H3,(H,12,13)(H,14,15)(H,16,17). The second kappa shape index (κ2) is 5.41. The molecule has 3 N–H and O–H groups in total. The number of carboxylic acid groups (broad SMARTS) is 2. The van der Waals surface area contributed by atoms with Crippen LogP contribution < -0.4 is 0 Å². The highest BCUT2D eigenvalue weighted by Gasteiger charge is 2.61. The Morgan fingerprint density at radius 2 is 2.00 bits per heavy atom. The molecule has 1 rings (SSSR count). The molecule has 0 aromatic carbocycles. The molecule has 0 aromatic rings. The van der Waals surface area contributed by atoms with Gasteiger partial charge in [-0.25, -0.2) is 0 Å². The number of rotatable bonds is 8. The maximum Gasteiger partial charge on any atom is 0.307 e. The topological polar surface area (TPSA) is 112 Å². The molecule has 0 amide bonds. The van der Waals surface area contributed by atoms with Crippen LogP contribution in [0.1, 0.15) is 32.6 Å². The smallest absolute Gasteiger partial charge is 0.307 e. The maximum atomic E-state index is 11.9. The highest BCUT2D eigenvalue weighted by atomic mass is 31.2. The maximum absolute atomic E-state index is 11.9. The van der Waals surface area contributed by atoms with E-state index < -0.39 is 30.6 Å². The summed E-state index contributed by atoms with van der Waals surface area (Å²) >= 11 is 0. The second-order valence-corrected chi connectivity index (χ2v) is 7.57. The number of carboxylic acids is 2. The molecule has 18 heavy (non-hydrogen) atoms. The van der Waals surface area contributed by atoms with Gasteiger partial charge in [-0.2, -0.15) is 0 Å². The molecule has 0 bridgehead atoms. The molecule has 1 saturated carbocycles. The number of aliphatic carboxylic acids is 2. The van der Waals surface area contributed by atoms with E-state index in [1.54, 1.807) is 0 Å². The molecule has 0 aromatic heterocycles. The minimum absolute atomic E-state index is 0.136. The lowest BCUT2D eigenvalue weighted by atomic mass is 10.0. The van der Waals surface area contributed by atoms with Crippen LogP contribution in [0.4, 0.5) is 0 Å². The normalized spacial score (nSPS) is 29.6. The Kier molecular flexibility index (Phi) is 4.56. The molecule has 0 saturated heterocycles. The fraction of sp³-hybridized carbons (Fsp3) is 0.818. The van der Waals surface area contributed by atoms with Crippen molar-refractivity contribution >= 4 is 19.3 Å². The van der Waals surface area contributed by atoms with Gasteiger partial charge in [-0.1, -0.05) is 13.3 Å². The monoisotopic (exact) mass is 278 g/mol. The van der Waals surface area contributed by atoms with Gasteiger partial charge >= 0.3 is 11.9 Å². The van der Waals surface area contributed by atoms with Crippen LogP contribution in [0.2, 0.25) is 0 Å². The van der Waals surface area contributed by atoms with Crippen molar-refractivity contribution in [2.75, 3.05) is 12.3 Å². The van der Waals surface area contributed by atoms with E-state index in [1.807, 2.05) is 6.92 Å². The summed E-state index contributed by atoms with van der Waals surface area (Å²) in [7, 11) is -3.43. The molecule has 7 heteroatoms. The number of carbonyl (C=O) groups is 2. The van der Waals surface area contributed by atoms with Gasteiger partial charge in [0, 0.05) is 17.7 Å². The Morgan fingerprint density at radius 3 is 2.39 bits per heavy atom. The first kappa shape index (κ1) is 15.2. The summed E-state index contributed by atoms with van der Waals surface area (Å²) in [6, 6.07) is 0. The highest BCUT2D eigenvalue weighted by molar-refractivity contribution is 7.58. The van der Waals surface area contributed by atoms with Crippen molar-refractivity contribution in [2.45, 2.75) is 32.6 Å². The molecule has 1 fully saturated rings. The average Bonchev–Trinajstić information content (AvgIpc) is 2.87. The van der Waals surface area contributed by atoms with Crippen LogP contribution >= 0.6 is 7.37 Å². The van der Waals surface area contributed by atoms with E-state index in [-0.39, 0.29) is 25.2 Å². The van der Waals surface area contributed by atoms with Crippen molar-refractivity contribution in [2.24, 2.45) is 11.3 Å². The minimum Gasteiger partial charge on any atom is -0.481 e. The Bertz CT molecular complexity index is 393. The molecular formula is C11H19O6P. The van der Waals surface area contributed by atoms with Gasteiger partial charge < -0.3 is 15.1 Å². The van der Waals surface area contributed by atoms with Gasteiger partial charge in [-0.15, -0.1) is 0 Å². The van der Waals surface area contributed by atoms with Crippen LogP contribution in [0.5, 0.6) is 0 Å². The largest absolute Gasteiger partial charge is 0.481 e. The van der Waals surface area contributed by atoms with Gasteiger partial charge in [0.2, 0.25) is 7.37 Å². The molecule has 1 aliphatic rings. The van der Waals surface area contributed by atoms with Crippen molar-refractivity contribution < 1.29 is 29.3 Å². The van der Waals surface area contributed by atoms with E-state index in [2.05, 4.69) is 0 Å². The molecule has 6 nitrogen and oxygen atoms in total. The zero-order valence-electron chi connectivity index (χ0n) is 10.3. The summed E-state index contributed by atoms with van der Waals surface area (Å²) < 4.78 is 11.9. The van der Waals surface area contributed by atoms with Crippen LogP contribution in [0, 0.1) is 11.3 Å². The van der Waals surface area contributed by atoms with Crippen molar-refractivity contribution in [3.8, 4) is 0 Å². The van der Waals surface area contributed by atoms with E-state index in [4.69, 9.17) is 10.2 Å². The Morgan fingerprint density at radius 1 is 1.39 bits per heavy atom. The van der Waals surface area contributed by atoms with Gasteiger partial charge in [0.1, 0.15) is 0 Å². The van der Waals surface area contributed by atoms with Crippen molar-refractivity contribution in [1.82, 2.24) is 0 Å². The van der Waals surface area contributed by atoms with Crippen LogP contribution in [-0.2, 0) is 14.2 Å². The third-order valence-corrected chi connectivity index (χ3v) is 5.55. The first-order valence-electron chi connectivity index (χ1n) is 5.98. The van der Waals surface area contributed by atoms with Crippen LogP contribution in [0.15, 0.2) is 0 Å². The van der Waals surface area contributed by atoms with Crippen LogP contribution in [0.3, 0.4) is 0 Å². The Balaban J connectivity index is 2.73. The zero-order chi connectivity index (χ0) is 14.0. The molecule has 0 spiro atoms. The lowest BCUT2D eigenvalue weighted by Crippen LogP contribution is -2.20. The van der Waals surface area contributed by atoms with Crippen molar-refractivity contribution in [3.63, 3.8) is 0 Å². The molecule has 0 radical (unpaired) electrons. The number of unbranched alkanes of at least 4 members (excludes halogenated alkanes) is 1. The lowest BCUT2D eigenvalue weighted by molar-refractivity contribution is -0.140. The van der Waals surface area contributed by atoms with E-state index >= 15 is 0 Å². The van der Waals surface area contributed by atoms with Gasteiger partial charge in [0.25, 0.3) is 0 Å². The summed E-state index contributed by atoms with van der Waals surface area (Å²) in [4.78, 5) is 31.5. The molecule has 104 valence electrons. The number of hydrogen-bond acceptors (Lipinski definition) is 3. The molecule has 0 aliphatic heterocycles. The van der Waals surface area contributed by atoms with E-state index in [9.17, 15) is 19.0 Å². The summed E-state index contributed by atoms with van der Waals surface area (Å²) in [5.74, 6) is -2.99. The van der Waals surface area contributed by atoms with Gasteiger partial charge in [0.05, 0.1) is 12.3 Å². The van der Waals surface area contributed by atoms with Crippen molar-refractivity contribution in [3.05, 3.63) is 0 Å². The molecule has 3 atom stereocenters. The predicted octanol–water partition coefficient (Wildman–Crippen LogP) is 1.62. The summed E-state index contributed by atoms with van der Waals surface area (Å²) in [6.07, 6.45) is 1.15. The van der Waals surface area contributed by atoms with E-state index in [0.717, 1.165) is 6.42 Å². The third-order valence-electron chi connectivity index (χ3n) is 3.41. The zero-order valence-corrected chi connectivity index (χ0v) is 11.2. The molecular weight excluding hydrogens is 259 g/mol.